The number of nitrogens with one attached hydrogen (secondary N) is 1. The molecule has 1 amide bonds. The molecule has 2 aromatic carbocycles. The summed E-state index contributed by atoms with van der Waals surface area (Å²) in [6.45, 7) is 3.62. The fourth-order valence-corrected chi connectivity index (χ4v) is 2.25. The molecule has 108 valence electrons. The lowest BCUT2D eigenvalue weighted by atomic mass is 10.1. The number of rotatable bonds is 3. The van der Waals surface area contributed by atoms with Crippen LogP contribution < -0.4 is 5.32 Å². The third kappa shape index (κ3) is 3.46. The van der Waals surface area contributed by atoms with Crippen molar-refractivity contribution in [2.24, 2.45) is 0 Å². The molecule has 0 unspecified atom stereocenters. The fraction of sp³-hybridized carbons (Fsp3) is 0.133. The number of halogens is 1. The summed E-state index contributed by atoms with van der Waals surface area (Å²) >= 11 is 3.35. The SMILES string of the molecule is Cc1ccc(Br)cc1NC(=O)c1cc([N+](=O)[O-])ccc1C. The van der Waals surface area contributed by atoms with Gasteiger partial charge in [-0.05, 0) is 37.1 Å². The van der Waals surface area contributed by atoms with Crippen LogP contribution in [0.25, 0.3) is 0 Å². The number of benzene rings is 2. The van der Waals surface area contributed by atoms with Gasteiger partial charge in [-0.2, -0.15) is 0 Å². The molecule has 0 spiro atoms. The second kappa shape index (κ2) is 6.05. The van der Waals surface area contributed by atoms with Crippen LogP contribution in [-0.4, -0.2) is 10.8 Å². The van der Waals surface area contributed by atoms with Crippen molar-refractivity contribution >= 4 is 33.2 Å². The van der Waals surface area contributed by atoms with Crippen molar-refractivity contribution in [3.8, 4) is 0 Å². The standard InChI is InChI=1S/C15H13BrN2O3/c1-9-4-6-12(18(20)21)8-13(9)15(19)17-14-7-11(16)5-3-10(14)2/h3-8H,1-2H3,(H,17,19). The van der Waals surface area contributed by atoms with E-state index in [1.54, 1.807) is 19.1 Å². The lowest BCUT2D eigenvalue weighted by molar-refractivity contribution is -0.384. The summed E-state index contributed by atoms with van der Waals surface area (Å²) in [5, 5.41) is 13.6. The lowest BCUT2D eigenvalue weighted by Gasteiger charge is -2.10. The third-order valence-electron chi connectivity index (χ3n) is 3.12. The molecule has 2 aromatic rings. The van der Waals surface area contributed by atoms with Crippen LogP contribution in [0.4, 0.5) is 11.4 Å². The van der Waals surface area contributed by atoms with Gasteiger partial charge in [-0.15, -0.1) is 0 Å². The van der Waals surface area contributed by atoms with Gasteiger partial charge >= 0.3 is 0 Å². The maximum absolute atomic E-state index is 12.3. The van der Waals surface area contributed by atoms with Gasteiger partial charge in [-0.1, -0.05) is 28.1 Å². The second-order valence-corrected chi connectivity index (χ2v) is 5.59. The van der Waals surface area contributed by atoms with Crippen molar-refractivity contribution in [1.29, 1.82) is 0 Å². The van der Waals surface area contributed by atoms with E-state index in [0.717, 1.165) is 10.0 Å². The molecule has 0 aliphatic rings. The molecule has 2 rings (SSSR count). The molecule has 0 saturated carbocycles. The molecule has 0 aliphatic heterocycles. The monoisotopic (exact) mass is 348 g/mol. The van der Waals surface area contributed by atoms with Gasteiger partial charge in [0.1, 0.15) is 0 Å². The Morgan fingerprint density at radius 1 is 1.14 bits per heavy atom. The first kappa shape index (κ1) is 15.2. The molecule has 21 heavy (non-hydrogen) atoms. The number of nitro groups is 1. The smallest absolute Gasteiger partial charge is 0.270 e. The molecule has 0 aromatic heterocycles. The largest absolute Gasteiger partial charge is 0.322 e. The first-order valence-electron chi connectivity index (χ1n) is 6.21. The number of hydrogen-bond acceptors (Lipinski definition) is 3. The summed E-state index contributed by atoms with van der Waals surface area (Å²) in [5.74, 6) is -0.364. The van der Waals surface area contributed by atoms with Crippen molar-refractivity contribution in [1.82, 2.24) is 0 Å². The normalized spacial score (nSPS) is 10.2. The van der Waals surface area contributed by atoms with Crippen molar-refractivity contribution in [3.63, 3.8) is 0 Å². The van der Waals surface area contributed by atoms with E-state index in [-0.39, 0.29) is 11.6 Å². The molecule has 0 bridgehead atoms. The van der Waals surface area contributed by atoms with E-state index in [1.165, 1.54) is 12.1 Å². The quantitative estimate of drug-likeness (QED) is 0.666. The number of amides is 1. The summed E-state index contributed by atoms with van der Waals surface area (Å²) in [6, 6.07) is 9.79. The molecule has 0 saturated heterocycles. The predicted octanol–water partition coefficient (Wildman–Crippen LogP) is 4.23. The first-order valence-corrected chi connectivity index (χ1v) is 7.00. The van der Waals surface area contributed by atoms with E-state index in [0.29, 0.717) is 16.8 Å². The van der Waals surface area contributed by atoms with E-state index < -0.39 is 4.92 Å². The Morgan fingerprint density at radius 3 is 2.48 bits per heavy atom. The van der Waals surface area contributed by atoms with Crippen LogP contribution in [0.3, 0.4) is 0 Å². The van der Waals surface area contributed by atoms with Crippen LogP contribution >= 0.6 is 15.9 Å². The van der Waals surface area contributed by atoms with Gasteiger partial charge in [0, 0.05) is 27.9 Å². The van der Waals surface area contributed by atoms with Crippen LogP contribution in [0.1, 0.15) is 21.5 Å². The fourth-order valence-electron chi connectivity index (χ4n) is 1.89. The highest BCUT2D eigenvalue weighted by atomic mass is 79.9. The maximum atomic E-state index is 12.3. The minimum absolute atomic E-state index is 0.100. The molecule has 0 heterocycles. The Kier molecular flexibility index (Phi) is 4.37. The van der Waals surface area contributed by atoms with Gasteiger partial charge in [0.15, 0.2) is 0 Å². The molecular weight excluding hydrogens is 336 g/mol. The van der Waals surface area contributed by atoms with E-state index in [9.17, 15) is 14.9 Å². The predicted molar refractivity (Wildman–Crippen MR) is 84.7 cm³/mol. The summed E-state index contributed by atoms with van der Waals surface area (Å²) in [7, 11) is 0. The molecule has 6 heteroatoms. The number of nitro benzene ring substituents is 1. The van der Waals surface area contributed by atoms with Gasteiger partial charge in [-0.3, -0.25) is 14.9 Å². The maximum Gasteiger partial charge on any atom is 0.270 e. The third-order valence-corrected chi connectivity index (χ3v) is 3.62. The Hall–Kier alpha value is -2.21. The highest BCUT2D eigenvalue weighted by Gasteiger charge is 2.15. The minimum atomic E-state index is -0.513. The molecule has 0 fully saturated rings. The number of carbonyl (C=O) groups excluding carboxylic acids is 1. The summed E-state index contributed by atoms with van der Waals surface area (Å²) in [4.78, 5) is 22.6. The van der Waals surface area contributed by atoms with Gasteiger partial charge < -0.3 is 5.32 Å². The van der Waals surface area contributed by atoms with Crippen molar-refractivity contribution < 1.29 is 9.72 Å². The van der Waals surface area contributed by atoms with Crippen molar-refractivity contribution in [3.05, 3.63) is 67.7 Å². The summed E-state index contributed by atoms with van der Waals surface area (Å²) in [5.41, 5.74) is 2.46. The molecule has 0 atom stereocenters. The van der Waals surface area contributed by atoms with E-state index >= 15 is 0 Å². The molecule has 5 nitrogen and oxygen atoms in total. The van der Waals surface area contributed by atoms with Crippen LogP contribution in [-0.2, 0) is 0 Å². The topological polar surface area (TPSA) is 72.2 Å². The lowest BCUT2D eigenvalue weighted by Crippen LogP contribution is -2.14. The van der Waals surface area contributed by atoms with Gasteiger partial charge in [0.25, 0.3) is 11.6 Å². The zero-order valence-electron chi connectivity index (χ0n) is 11.5. The molecule has 0 aliphatic carbocycles. The summed E-state index contributed by atoms with van der Waals surface area (Å²) in [6.07, 6.45) is 0. The second-order valence-electron chi connectivity index (χ2n) is 4.67. The highest BCUT2D eigenvalue weighted by molar-refractivity contribution is 9.10. The summed E-state index contributed by atoms with van der Waals surface area (Å²) < 4.78 is 0.846. The highest BCUT2D eigenvalue weighted by Crippen LogP contribution is 2.23. The van der Waals surface area contributed by atoms with E-state index in [4.69, 9.17) is 0 Å². The van der Waals surface area contributed by atoms with E-state index in [1.807, 2.05) is 19.1 Å². The Balaban J connectivity index is 2.34. The number of hydrogen-bond donors (Lipinski definition) is 1. The minimum Gasteiger partial charge on any atom is -0.322 e. The molecule has 0 radical (unpaired) electrons. The van der Waals surface area contributed by atoms with Crippen LogP contribution in [0.2, 0.25) is 0 Å². The van der Waals surface area contributed by atoms with Crippen molar-refractivity contribution in [2.45, 2.75) is 13.8 Å². The van der Waals surface area contributed by atoms with Gasteiger partial charge in [0.2, 0.25) is 0 Å². The average Bonchev–Trinajstić information content (AvgIpc) is 2.43. The number of anilines is 1. The van der Waals surface area contributed by atoms with Gasteiger partial charge in [0.05, 0.1) is 4.92 Å². The number of aryl methyl sites for hydroxylation is 2. The van der Waals surface area contributed by atoms with Crippen LogP contribution in [0.15, 0.2) is 40.9 Å². The van der Waals surface area contributed by atoms with Gasteiger partial charge in [-0.25, -0.2) is 0 Å². The molecule has 1 N–H and O–H groups in total. The van der Waals surface area contributed by atoms with Crippen LogP contribution in [0.5, 0.6) is 0 Å². The Bertz CT molecular complexity index is 729. The number of nitrogens with zero attached hydrogens (tertiary/aromatic N) is 1. The number of non-ortho nitro benzene ring substituents is 1. The average molecular weight is 349 g/mol. The zero-order valence-corrected chi connectivity index (χ0v) is 13.1. The molecular formula is C15H13BrN2O3. The zero-order chi connectivity index (χ0) is 15.6. The van der Waals surface area contributed by atoms with Crippen LogP contribution in [0, 0.1) is 24.0 Å². The van der Waals surface area contributed by atoms with E-state index in [2.05, 4.69) is 21.2 Å². The first-order chi connectivity index (χ1) is 9.88. The number of carbonyl (C=O) groups is 1. The Labute approximate surface area is 130 Å². The Morgan fingerprint density at radius 2 is 1.81 bits per heavy atom. The van der Waals surface area contributed by atoms with Crippen molar-refractivity contribution in [2.75, 3.05) is 5.32 Å².